The van der Waals surface area contributed by atoms with E-state index < -0.39 is 0 Å². The summed E-state index contributed by atoms with van der Waals surface area (Å²) in [6.07, 6.45) is 2.08. The Balaban J connectivity index is 2.02. The highest BCUT2D eigenvalue weighted by Gasteiger charge is 2.66. The molecule has 1 N–H and O–H groups in total. The van der Waals surface area contributed by atoms with E-state index in [-0.39, 0.29) is 29.3 Å². The van der Waals surface area contributed by atoms with Gasteiger partial charge in [0.05, 0.1) is 12.6 Å². The molecule has 2 fully saturated rings. The number of Topliss-reactive ketones (excluding diaryl/α,β-unsaturated/α-hetero) is 1. The molecule has 4 nitrogen and oxygen atoms in total. The van der Waals surface area contributed by atoms with Gasteiger partial charge in [0.2, 0.25) is 5.91 Å². The highest BCUT2D eigenvalue weighted by Crippen LogP contribution is 2.63. The van der Waals surface area contributed by atoms with E-state index in [9.17, 15) is 9.59 Å². The summed E-state index contributed by atoms with van der Waals surface area (Å²) in [7, 11) is 0. The minimum absolute atomic E-state index is 0.0417. The lowest BCUT2D eigenvalue weighted by Crippen LogP contribution is -2.48. The van der Waals surface area contributed by atoms with Gasteiger partial charge in [0.25, 0.3) is 0 Å². The second-order valence-electron chi connectivity index (χ2n) is 6.99. The van der Waals surface area contributed by atoms with Gasteiger partial charge in [-0.1, -0.05) is 20.8 Å². The molecule has 0 saturated heterocycles. The number of nitrogens with one attached hydrogen (secondary N) is 1. The smallest absolute Gasteiger partial charge is 0.236 e. The molecule has 0 aromatic carbocycles. The molecule has 20 heavy (non-hydrogen) atoms. The first-order valence-electron chi connectivity index (χ1n) is 7.85. The van der Waals surface area contributed by atoms with Gasteiger partial charge in [0.15, 0.2) is 5.78 Å². The van der Waals surface area contributed by atoms with E-state index in [0.717, 1.165) is 25.9 Å². The third kappa shape index (κ3) is 2.00. The van der Waals surface area contributed by atoms with Gasteiger partial charge >= 0.3 is 0 Å². The SMILES string of the molecule is CCN(CC)C(=O)CNC1C(=O)C2(C)CCC1C2(C)C. The zero-order valence-corrected chi connectivity index (χ0v) is 13.5. The first kappa shape index (κ1) is 15.5. The molecular formula is C16H28N2O2. The van der Waals surface area contributed by atoms with E-state index >= 15 is 0 Å². The normalized spacial score (nSPS) is 34.5. The number of carbonyl (C=O) groups excluding carboxylic acids is 2. The van der Waals surface area contributed by atoms with E-state index in [1.54, 1.807) is 4.90 Å². The van der Waals surface area contributed by atoms with E-state index in [1.165, 1.54) is 0 Å². The summed E-state index contributed by atoms with van der Waals surface area (Å²) in [5.41, 5.74) is -0.173. The minimum atomic E-state index is -0.215. The molecule has 3 atom stereocenters. The lowest BCUT2D eigenvalue weighted by atomic mass is 9.70. The minimum Gasteiger partial charge on any atom is -0.342 e. The van der Waals surface area contributed by atoms with Crippen molar-refractivity contribution in [3.8, 4) is 0 Å². The Morgan fingerprint density at radius 3 is 2.35 bits per heavy atom. The zero-order chi connectivity index (χ0) is 15.1. The van der Waals surface area contributed by atoms with Crippen molar-refractivity contribution in [3.05, 3.63) is 0 Å². The number of fused-ring (bicyclic) bond motifs is 2. The second kappa shape index (κ2) is 5.14. The van der Waals surface area contributed by atoms with Gasteiger partial charge in [-0.05, 0) is 38.0 Å². The standard InChI is InChI=1S/C16H28N2O2/c1-6-18(7-2)12(19)10-17-13-11-8-9-16(5,14(13)20)15(11,3)4/h11,13,17H,6-10H2,1-5H3. The van der Waals surface area contributed by atoms with Crippen LogP contribution in [-0.2, 0) is 9.59 Å². The number of amides is 1. The lowest BCUT2D eigenvalue weighted by molar-refractivity contribution is -0.131. The van der Waals surface area contributed by atoms with Crippen molar-refractivity contribution in [2.75, 3.05) is 19.6 Å². The number of rotatable bonds is 5. The van der Waals surface area contributed by atoms with Crippen molar-refractivity contribution in [1.82, 2.24) is 10.2 Å². The summed E-state index contributed by atoms with van der Waals surface area (Å²) in [5.74, 6) is 0.768. The van der Waals surface area contributed by atoms with Crippen LogP contribution >= 0.6 is 0 Å². The van der Waals surface area contributed by atoms with E-state index in [0.29, 0.717) is 11.7 Å². The van der Waals surface area contributed by atoms with Gasteiger partial charge in [0, 0.05) is 18.5 Å². The molecule has 1 amide bonds. The Bertz CT molecular complexity index is 415. The fraction of sp³-hybridized carbons (Fsp3) is 0.875. The molecule has 3 unspecified atom stereocenters. The van der Waals surface area contributed by atoms with Gasteiger partial charge in [0.1, 0.15) is 0 Å². The van der Waals surface area contributed by atoms with Crippen LogP contribution in [0.5, 0.6) is 0 Å². The lowest BCUT2D eigenvalue weighted by Gasteiger charge is -2.32. The third-order valence-electron chi connectivity index (χ3n) is 6.12. The highest BCUT2D eigenvalue weighted by molar-refractivity contribution is 5.94. The second-order valence-corrected chi connectivity index (χ2v) is 6.99. The summed E-state index contributed by atoms with van der Waals surface area (Å²) in [6, 6.07) is -0.136. The largest absolute Gasteiger partial charge is 0.342 e. The van der Waals surface area contributed by atoms with E-state index in [1.807, 2.05) is 13.8 Å². The van der Waals surface area contributed by atoms with Crippen molar-refractivity contribution in [2.45, 2.75) is 53.5 Å². The van der Waals surface area contributed by atoms with Crippen LogP contribution < -0.4 is 5.32 Å². The van der Waals surface area contributed by atoms with E-state index in [4.69, 9.17) is 0 Å². The predicted octanol–water partition coefficient (Wildman–Crippen LogP) is 1.84. The number of carbonyl (C=O) groups is 2. The Hall–Kier alpha value is -0.900. The third-order valence-corrected chi connectivity index (χ3v) is 6.12. The number of nitrogens with zero attached hydrogens (tertiary/aromatic N) is 1. The Labute approximate surface area is 122 Å². The zero-order valence-electron chi connectivity index (χ0n) is 13.5. The quantitative estimate of drug-likeness (QED) is 0.836. The monoisotopic (exact) mass is 280 g/mol. The first-order chi connectivity index (χ1) is 9.29. The summed E-state index contributed by atoms with van der Waals surface area (Å²) >= 11 is 0. The molecule has 2 bridgehead atoms. The summed E-state index contributed by atoms with van der Waals surface area (Å²) in [5, 5.41) is 3.25. The van der Waals surface area contributed by atoms with Crippen molar-refractivity contribution < 1.29 is 9.59 Å². The van der Waals surface area contributed by atoms with Crippen LogP contribution in [0.2, 0.25) is 0 Å². The molecule has 114 valence electrons. The number of ketones is 1. The average molecular weight is 280 g/mol. The topological polar surface area (TPSA) is 49.4 Å². The van der Waals surface area contributed by atoms with Crippen LogP contribution in [0.15, 0.2) is 0 Å². The van der Waals surface area contributed by atoms with Crippen LogP contribution in [0.4, 0.5) is 0 Å². The van der Waals surface area contributed by atoms with Crippen LogP contribution in [0.3, 0.4) is 0 Å². The maximum absolute atomic E-state index is 12.6. The Kier molecular flexibility index (Phi) is 3.98. The van der Waals surface area contributed by atoms with Gasteiger partial charge < -0.3 is 4.90 Å². The first-order valence-corrected chi connectivity index (χ1v) is 7.85. The molecule has 2 rings (SSSR count). The molecule has 0 aromatic heterocycles. The van der Waals surface area contributed by atoms with Crippen LogP contribution in [-0.4, -0.2) is 42.3 Å². The van der Waals surface area contributed by atoms with Crippen molar-refractivity contribution in [3.63, 3.8) is 0 Å². The number of likely N-dealkylation sites (N-methyl/N-ethyl adjacent to an activating group) is 1. The summed E-state index contributed by atoms with van der Waals surface area (Å²) < 4.78 is 0. The van der Waals surface area contributed by atoms with E-state index in [2.05, 4.69) is 26.1 Å². The fourth-order valence-electron chi connectivity index (χ4n) is 4.21. The molecule has 2 aliphatic carbocycles. The van der Waals surface area contributed by atoms with Crippen molar-refractivity contribution >= 4 is 11.7 Å². The Morgan fingerprint density at radius 1 is 1.30 bits per heavy atom. The molecule has 0 heterocycles. The summed E-state index contributed by atoms with van der Waals surface area (Å²) in [4.78, 5) is 26.5. The molecule has 0 aliphatic heterocycles. The molecular weight excluding hydrogens is 252 g/mol. The number of hydrogen-bond donors (Lipinski definition) is 1. The molecule has 2 saturated carbocycles. The number of hydrogen-bond acceptors (Lipinski definition) is 3. The average Bonchev–Trinajstić information content (AvgIpc) is 2.70. The van der Waals surface area contributed by atoms with Gasteiger partial charge in [-0.2, -0.15) is 0 Å². The highest BCUT2D eigenvalue weighted by atomic mass is 16.2. The maximum Gasteiger partial charge on any atom is 0.236 e. The Morgan fingerprint density at radius 2 is 1.90 bits per heavy atom. The van der Waals surface area contributed by atoms with Crippen LogP contribution in [0.25, 0.3) is 0 Å². The fourth-order valence-corrected chi connectivity index (χ4v) is 4.21. The van der Waals surface area contributed by atoms with Crippen molar-refractivity contribution in [2.24, 2.45) is 16.7 Å². The molecule has 0 aromatic rings. The van der Waals surface area contributed by atoms with Gasteiger partial charge in [-0.3, -0.25) is 14.9 Å². The molecule has 0 spiro atoms. The summed E-state index contributed by atoms with van der Waals surface area (Å²) in [6.45, 7) is 12.2. The maximum atomic E-state index is 12.6. The predicted molar refractivity (Wildman–Crippen MR) is 79.3 cm³/mol. The van der Waals surface area contributed by atoms with Crippen molar-refractivity contribution in [1.29, 1.82) is 0 Å². The van der Waals surface area contributed by atoms with Gasteiger partial charge in [-0.25, -0.2) is 0 Å². The van der Waals surface area contributed by atoms with Gasteiger partial charge in [-0.15, -0.1) is 0 Å². The van der Waals surface area contributed by atoms with Crippen LogP contribution in [0.1, 0.15) is 47.5 Å². The molecule has 4 heteroatoms. The molecule has 2 aliphatic rings. The molecule has 0 radical (unpaired) electrons. The van der Waals surface area contributed by atoms with Crippen LogP contribution in [0, 0.1) is 16.7 Å².